The second kappa shape index (κ2) is 5.82. The van der Waals surface area contributed by atoms with Crippen molar-refractivity contribution in [2.24, 2.45) is 5.41 Å². The molecular formula is C14H18FNO3. The Bertz CT molecular complexity index is 480. The SMILES string of the molecule is CC(C)(C)C(CC(=O)O)NC(=O)c1cccc(F)c1. The van der Waals surface area contributed by atoms with Crippen molar-refractivity contribution in [3.05, 3.63) is 35.6 Å². The minimum absolute atomic E-state index is 0.176. The highest BCUT2D eigenvalue weighted by molar-refractivity contribution is 5.94. The predicted molar refractivity (Wildman–Crippen MR) is 69.4 cm³/mol. The molecule has 5 heteroatoms. The topological polar surface area (TPSA) is 66.4 Å². The highest BCUT2D eigenvalue weighted by Crippen LogP contribution is 2.22. The lowest BCUT2D eigenvalue weighted by Crippen LogP contribution is -2.45. The van der Waals surface area contributed by atoms with E-state index in [-0.39, 0.29) is 12.0 Å². The zero-order chi connectivity index (χ0) is 14.6. The van der Waals surface area contributed by atoms with E-state index in [1.54, 1.807) is 0 Å². The molecule has 104 valence electrons. The summed E-state index contributed by atoms with van der Waals surface area (Å²) in [5.41, 5.74) is -0.221. The van der Waals surface area contributed by atoms with Gasteiger partial charge in [0, 0.05) is 11.6 Å². The molecule has 1 amide bonds. The van der Waals surface area contributed by atoms with Crippen LogP contribution in [0.4, 0.5) is 4.39 Å². The van der Waals surface area contributed by atoms with Crippen LogP contribution < -0.4 is 5.32 Å². The number of aliphatic carboxylic acids is 1. The van der Waals surface area contributed by atoms with Crippen LogP contribution in [0.3, 0.4) is 0 Å². The highest BCUT2D eigenvalue weighted by Gasteiger charge is 2.28. The normalized spacial score (nSPS) is 12.8. The molecule has 1 atom stereocenters. The molecule has 1 aromatic carbocycles. The standard InChI is InChI=1S/C14H18FNO3/c1-14(2,3)11(8-12(17)18)16-13(19)9-5-4-6-10(15)7-9/h4-7,11H,8H2,1-3H3,(H,16,19)(H,17,18). The van der Waals surface area contributed by atoms with Crippen molar-refractivity contribution in [3.63, 3.8) is 0 Å². The van der Waals surface area contributed by atoms with Crippen molar-refractivity contribution >= 4 is 11.9 Å². The Morgan fingerprint density at radius 2 is 2.00 bits per heavy atom. The molecule has 0 fully saturated rings. The van der Waals surface area contributed by atoms with Crippen molar-refractivity contribution < 1.29 is 19.1 Å². The van der Waals surface area contributed by atoms with Gasteiger partial charge in [0.05, 0.1) is 6.42 Å². The Kier molecular flexibility index (Phi) is 4.64. The van der Waals surface area contributed by atoms with Crippen LogP contribution in [0.5, 0.6) is 0 Å². The molecule has 1 unspecified atom stereocenters. The highest BCUT2D eigenvalue weighted by atomic mass is 19.1. The smallest absolute Gasteiger partial charge is 0.305 e. The van der Waals surface area contributed by atoms with E-state index < -0.39 is 29.2 Å². The van der Waals surface area contributed by atoms with E-state index in [1.807, 2.05) is 20.8 Å². The number of carbonyl (C=O) groups is 2. The van der Waals surface area contributed by atoms with E-state index in [2.05, 4.69) is 5.32 Å². The number of carbonyl (C=O) groups excluding carboxylic acids is 1. The summed E-state index contributed by atoms with van der Waals surface area (Å²) < 4.78 is 13.0. The zero-order valence-corrected chi connectivity index (χ0v) is 11.2. The number of rotatable bonds is 4. The molecule has 0 heterocycles. The van der Waals surface area contributed by atoms with Crippen LogP contribution in [-0.4, -0.2) is 23.0 Å². The Morgan fingerprint density at radius 3 is 2.47 bits per heavy atom. The van der Waals surface area contributed by atoms with Gasteiger partial charge in [-0.05, 0) is 23.6 Å². The van der Waals surface area contributed by atoms with Gasteiger partial charge in [0.25, 0.3) is 5.91 Å². The average molecular weight is 267 g/mol. The number of nitrogens with one attached hydrogen (secondary N) is 1. The number of benzene rings is 1. The number of amides is 1. The third-order valence-corrected chi connectivity index (χ3v) is 2.82. The first-order valence-electron chi connectivity index (χ1n) is 5.98. The lowest BCUT2D eigenvalue weighted by Gasteiger charge is -2.30. The van der Waals surface area contributed by atoms with Crippen molar-refractivity contribution in [1.29, 1.82) is 0 Å². The summed E-state index contributed by atoms with van der Waals surface area (Å²) in [5, 5.41) is 11.5. The third-order valence-electron chi connectivity index (χ3n) is 2.82. The van der Waals surface area contributed by atoms with Crippen molar-refractivity contribution in [2.75, 3.05) is 0 Å². The lowest BCUT2D eigenvalue weighted by atomic mass is 9.84. The number of carboxylic acid groups (broad SMARTS) is 1. The van der Waals surface area contributed by atoms with Gasteiger partial charge in [-0.3, -0.25) is 9.59 Å². The molecule has 0 aliphatic heterocycles. The monoisotopic (exact) mass is 267 g/mol. The summed E-state index contributed by atoms with van der Waals surface area (Å²) in [4.78, 5) is 22.8. The van der Waals surface area contributed by atoms with Gasteiger partial charge < -0.3 is 10.4 Å². The molecule has 0 radical (unpaired) electrons. The molecule has 19 heavy (non-hydrogen) atoms. The Balaban J connectivity index is 2.85. The second-order valence-corrected chi connectivity index (χ2v) is 5.50. The van der Waals surface area contributed by atoms with Crippen LogP contribution in [-0.2, 0) is 4.79 Å². The lowest BCUT2D eigenvalue weighted by molar-refractivity contribution is -0.138. The third kappa shape index (κ3) is 4.69. The molecule has 0 spiro atoms. The molecule has 2 N–H and O–H groups in total. The molecule has 0 saturated carbocycles. The molecule has 0 aliphatic rings. The Hall–Kier alpha value is -1.91. The molecule has 0 aliphatic carbocycles. The fraction of sp³-hybridized carbons (Fsp3) is 0.429. The van der Waals surface area contributed by atoms with Crippen molar-refractivity contribution in [1.82, 2.24) is 5.32 Å². The van der Waals surface area contributed by atoms with Crippen molar-refractivity contribution in [3.8, 4) is 0 Å². The summed E-state index contributed by atoms with van der Waals surface area (Å²) in [6.07, 6.45) is -0.176. The fourth-order valence-electron chi connectivity index (χ4n) is 1.62. The number of halogens is 1. The number of hydrogen-bond donors (Lipinski definition) is 2. The zero-order valence-electron chi connectivity index (χ0n) is 11.2. The number of hydrogen-bond acceptors (Lipinski definition) is 2. The first-order chi connectivity index (χ1) is 8.70. The van der Waals surface area contributed by atoms with Crippen LogP contribution in [0.2, 0.25) is 0 Å². The largest absolute Gasteiger partial charge is 0.481 e. The molecule has 1 aromatic rings. The summed E-state index contributed by atoms with van der Waals surface area (Å²) in [7, 11) is 0. The summed E-state index contributed by atoms with van der Waals surface area (Å²) in [5.74, 6) is -1.96. The van der Waals surface area contributed by atoms with Gasteiger partial charge >= 0.3 is 5.97 Å². The van der Waals surface area contributed by atoms with Crippen LogP contribution in [0, 0.1) is 11.2 Å². The molecule has 0 bridgehead atoms. The van der Waals surface area contributed by atoms with Gasteiger partial charge in [0.1, 0.15) is 5.82 Å². The van der Waals surface area contributed by atoms with Gasteiger partial charge in [0.2, 0.25) is 0 Å². The van der Waals surface area contributed by atoms with Gasteiger partial charge in [-0.2, -0.15) is 0 Å². The summed E-state index contributed by atoms with van der Waals surface area (Å²) >= 11 is 0. The van der Waals surface area contributed by atoms with Gasteiger partial charge in [0.15, 0.2) is 0 Å². The van der Waals surface area contributed by atoms with Crippen LogP contribution in [0.15, 0.2) is 24.3 Å². The quantitative estimate of drug-likeness (QED) is 0.880. The van der Waals surface area contributed by atoms with E-state index in [9.17, 15) is 14.0 Å². The van der Waals surface area contributed by atoms with Crippen LogP contribution in [0.25, 0.3) is 0 Å². The Labute approximate surface area is 111 Å². The summed E-state index contributed by atoms with van der Waals surface area (Å²) in [6.45, 7) is 5.52. The first-order valence-corrected chi connectivity index (χ1v) is 5.98. The summed E-state index contributed by atoms with van der Waals surface area (Å²) in [6, 6.07) is 4.76. The second-order valence-electron chi connectivity index (χ2n) is 5.50. The van der Waals surface area contributed by atoms with Gasteiger partial charge in [-0.25, -0.2) is 4.39 Å². The van der Waals surface area contributed by atoms with E-state index in [0.29, 0.717) is 0 Å². The molecule has 0 saturated heterocycles. The Morgan fingerprint density at radius 1 is 1.37 bits per heavy atom. The van der Waals surface area contributed by atoms with Gasteiger partial charge in [-0.1, -0.05) is 26.8 Å². The molecular weight excluding hydrogens is 249 g/mol. The average Bonchev–Trinajstić information content (AvgIpc) is 2.26. The minimum atomic E-state index is -0.987. The maximum Gasteiger partial charge on any atom is 0.305 e. The van der Waals surface area contributed by atoms with E-state index in [4.69, 9.17) is 5.11 Å². The maximum atomic E-state index is 13.0. The van der Waals surface area contributed by atoms with E-state index in [1.165, 1.54) is 18.2 Å². The van der Waals surface area contributed by atoms with E-state index in [0.717, 1.165) is 6.07 Å². The first kappa shape index (κ1) is 15.1. The maximum absolute atomic E-state index is 13.0. The minimum Gasteiger partial charge on any atom is -0.481 e. The van der Waals surface area contributed by atoms with Gasteiger partial charge in [-0.15, -0.1) is 0 Å². The van der Waals surface area contributed by atoms with Crippen LogP contribution >= 0.6 is 0 Å². The molecule has 4 nitrogen and oxygen atoms in total. The predicted octanol–water partition coefficient (Wildman–Crippen LogP) is 2.44. The molecule has 0 aromatic heterocycles. The van der Waals surface area contributed by atoms with Crippen molar-refractivity contribution in [2.45, 2.75) is 33.2 Å². The van der Waals surface area contributed by atoms with Crippen LogP contribution in [0.1, 0.15) is 37.6 Å². The number of carboxylic acids is 1. The fourth-order valence-corrected chi connectivity index (χ4v) is 1.62. The molecule has 1 rings (SSSR count). The van der Waals surface area contributed by atoms with E-state index >= 15 is 0 Å².